The van der Waals surface area contributed by atoms with Crippen LogP contribution < -0.4 is 0 Å². The van der Waals surface area contributed by atoms with Gasteiger partial charge in [0, 0.05) is 45.7 Å². The zero-order valence-electron chi connectivity index (χ0n) is 21.8. The van der Waals surface area contributed by atoms with E-state index in [0.29, 0.717) is 13.1 Å². The molecule has 2 aliphatic heterocycles. The summed E-state index contributed by atoms with van der Waals surface area (Å²) in [5.74, 6) is -0.387. The number of methoxy groups -OCH3 is 1. The number of ether oxygens (including phenoxy) is 2. The monoisotopic (exact) mass is 514 g/mol. The highest BCUT2D eigenvalue weighted by Gasteiger charge is 2.55. The molecule has 0 N–H and O–H groups in total. The molecule has 0 saturated carbocycles. The van der Waals surface area contributed by atoms with Gasteiger partial charge in [0.25, 0.3) is 0 Å². The van der Waals surface area contributed by atoms with E-state index >= 15 is 0 Å². The summed E-state index contributed by atoms with van der Waals surface area (Å²) in [4.78, 5) is 14.8. The first-order valence-corrected chi connectivity index (χ1v) is 14.1. The molecule has 0 atom stereocenters. The maximum absolute atomic E-state index is 13.6. The van der Waals surface area contributed by atoms with E-state index in [1.54, 1.807) is 0 Å². The van der Waals surface area contributed by atoms with Crippen molar-refractivity contribution in [2.45, 2.75) is 49.8 Å². The highest BCUT2D eigenvalue weighted by atomic mass is 32.2. The van der Waals surface area contributed by atoms with Crippen LogP contribution in [-0.2, 0) is 30.8 Å². The van der Waals surface area contributed by atoms with Crippen molar-refractivity contribution < 1.29 is 22.7 Å². The number of carbonyl (C=O) groups is 1. The molecule has 0 aromatic heterocycles. The number of rotatable bonds is 7. The molecule has 4 rings (SSSR count). The van der Waals surface area contributed by atoms with Gasteiger partial charge >= 0.3 is 5.97 Å². The second-order valence-electron chi connectivity index (χ2n) is 10.3. The Bertz CT molecular complexity index is 1180. The van der Waals surface area contributed by atoms with Crippen LogP contribution in [0.1, 0.15) is 48.3 Å². The number of hydrogen-bond donors (Lipinski definition) is 0. The molecule has 196 valence electrons. The lowest BCUT2D eigenvalue weighted by Crippen LogP contribution is -2.57. The number of nitrogens with zero attached hydrogens (tertiary/aromatic N) is 2. The molecule has 2 fully saturated rings. The average molecular weight is 515 g/mol. The van der Waals surface area contributed by atoms with Gasteiger partial charge in [-0.05, 0) is 73.7 Å². The van der Waals surface area contributed by atoms with Gasteiger partial charge in [-0.15, -0.1) is 0 Å². The molecule has 7 nitrogen and oxygen atoms in total. The Morgan fingerprint density at radius 1 is 1.11 bits per heavy atom. The Balaban J connectivity index is 1.48. The molecule has 0 spiro atoms. The van der Waals surface area contributed by atoms with Crippen molar-refractivity contribution >= 4 is 16.0 Å². The molecule has 8 heteroatoms. The SMILES string of the molecule is COC(=O)C1(S(=O)(=O)N2CCC(c3ccc(-c4cccc(CN(C)C)c4)c(C)c3)CC2)CCOCC1. The van der Waals surface area contributed by atoms with Crippen molar-refractivity contribution in [3.63, 3.8) is 0 Å². The molecule has 2 aromatic carbocycles. The van der Waals surface area contributed by atoms with E-state index in [0.717, 1.165) is 19.4 Å². The smallest absolute Gasteiger partial charge is 0.328 e. The van der Waals surface area contributed by atoms with Crippen LogP contribution in [0.2, 0.25) is 0 Å². The summed E-state index contributed by atoms with van der Waals surface area (Å²) in [5, 5.41) is 0. The molecule has 2 heterocycles. The zero-order valence-corrected chi connectivity index (χ0v) is 22.6. The number of piperidine rings is 1. The maximum Gasteiger partial charge on any atom is 0.328 e. The van der Waals surface area contributed by atoms with Crippen LogP contribution in [0.5, 0.6) is 0 Å². The second-order valence-corrected chi connectivity index (χ2v) is 12.5. The van der Waals surface area contributed by atoms with E-state index in [9.17, 15) is 13.2 Å². The van der Waals surface area contributed by atoms with Gasteiger partial charge in [-0.25, -0.2) is 12.7 Å². The van der Waals surface area contributed by atoms with E-state index in [2.05, 4.69) is 68.4 Å². The second kappa shape index (κ2) is 11.0. The fraction of sp³-hybridized carbons (Fsp3) is 0.536. The normalized spacial score (nSPS) is 19.4. The lowest BCUT2D eigenvalue weighted by Gasteiger charge is -2.40. The Morgan fingerprint density at radius 3 is 2.42 bits per heavy atom. The van der Waals surface area contributed by atoms with E-state index in [1.165, 1.54) is 39.2 Å². The van der Waals surface area contributed by atoms with Gasteiger partial charge in [-0.1, -0.05) is 36.4 Å². The Kier molecular flexibility index (Phi) is 8.19. The number of benzene rings is 2. The first-order valence-electron chi connectivity index (χ1n) is 12.7. The summed E-state index contributed by atoms with van der Waals surface area (Å²) >= 11 is 0. The molecular weight excluding hydrogens is 476 g/mol. The predicted molar refractivity (Wildman–Crippen MR) is 141 cm³/mol. The van der Waals surface area contributed by atoms with Crippen molar-refractivity contribution in [2.75, 3.05) is 47.5 Å². The molecule has 2 aliphatic rings. The van der Waals surface area contributed by atoms with Crippen molar-refractivity contribution in [3.8, 4) is 11.1 Å². The molecule has 0 bridgehead atoms. The van der Waals surface area contributed by atoms with Gasteiger partial charge in [0.1, 0.15) is 0 Å². The van der Waals surface area contributed by atoms with Crippen LogP contribution in [0.4, 0.5) is 0 Å². The van der Waals surface area contributed by atoms with Crippen molar-refractivity contribution in [2.24, 2.45) is 0 Å². The quantitative estimate of drug-likeness (QED) is 0.521. The minimum Gasteiger partial charge on any atom is -0.468 e. The van der Waals surface area contributed by atoms with E-state index in [4.69, 9.17) is 9.47 Å². The van der Waals surface area contributed by atoms with Gasteiger partial charge in [0.2, 0.25) is 10.0 Å². The fourth-order valence-electron chi connectivity index (χ4n) is 5.60. The van der Waals surface area contributed by atoms with E-state index < -0.39 is 20.7 Å². The zero-order chi connectivity index (χ0) is 25.9. The van der Waals surface area contributed by atoms with Crippen LogP contribution >= 0.6 is 0 Å². The minimum absolute atomic E-state index is 0.137. The molecule has 36 heavy (non-hydrogen) atoms. The third kappa shape index (κ3) is 5.23. The molecule has 0 radical (unpaired) electrons. The molecular formula is C28H38N2O5S. The predicted octanol–water partition coefficient (Wildman–Crippen LogP) is 3.96. The number of sulfonamides is 1. The summed E-state index contributed by atoms with van der Waals surface area (Å²) in [6, 6.07) is 15.3. The third-order valence-electron chi connectivity index (χ3n) is 7.60. The maximum atomic E-state index is 13.6. The fourth-order valence-corrected chi connectivity index (χ4v) is 7.76. The van der Waals surface area contributed by atoms with Crippen LogP contribution in [0.3, 0.4) is 0 Å². The van der Waals surface area contributed by atoms with Gasteiger partial charge in [0.05, 0.1) is 7.11 Å². The topological polar surface area (TPSA) is 76.2 Å². The molecule has 0 aliphatic carbocycles. The number of hydrogen-bond acceptors (Lipinski definition) is 6. The van der Waals surface area contributed by atoms with Crippen LogP contribution in [-0.4, -0.2) is 75.8 Å². The summed E-state index contributed by atoms with van der Waals surface area (Å²) < 4.78 is 37.5. The molecule has 0 amide bonds. The van der Waals surface area contributed by atoms with Gasteiger partial charge in [0.15, 0.2) is 4.75 Å². The molecule has 2 saturated heterocycles. The number of aryl methyl sites for hydroxylation is 1. The van der Waals surface area contributed by atoms with Crippen LogP contribution in [0.25, 0.3) is 11.1 Å². The van der Waals surface area contributed by atoms with Gasteiger partial charge in [-0.3, -0.25) is 4.79 Å². The summed E-state index contributed by atoms with van der Waals surface area (Å²) in [5.41, 5.74) is 6.18. The molecule has 0 unspecified atom stereocenters. The first-order chi connectivity index (χ1) is 17.2. The van der Waals surface area contributed by atoms with Crippen LogP contribution in [0, 0.1) is 6.92 Å². The lowest BCUT2D eigenvalue weighted by molar-refractivity contribution is -0.146. The Labute approximate surface area is 215 Å². The van der Waals surface area contributed by atoms with Crippen LogP contribution in [0.15, 0.2) is 42.5 Å². The van der Waals surface area contributed by atoms with Crippen molar-refractivity contribution in [1.82, 2.24) is 9.21 Å². The lowest BCUT2D eigenvalue weighted by atomic mass is 9.87. The van der Waals surface area contributed by atoms with E-state index in [-0.39, 0.29) is 32.0 Å². The Hall–Kier alpha value is -2.26. The minimum atomic E-state index is -3.85. The van der Waals surface area contributed by atoms with Crippen molar-refractivity contribution in [3.05, 3.63) is 59.2 Å². The Morgan fingerprint density at radius 2 is 1.81 bits per heavy atom. The standard InChI is InChI=1S/C28H38N2O5S/c1-21-18-24(8-9-26(21)25-7-5-6-22(19-25)20-29(2)3)23-10-14-30(15-11-23)36(32,33)28(27(31)34-4)12-16-35-17-13-28/h5-9,18-19,23H,10-17,20H2,1-4H3. The highest BCUT2D eigenvalue weighted by Crippen LogP contribution is 2.38. The van der Waals surface area contributed by atoms with E-state index in [1.807, 2.05) is 0 Å². The molecule has 2 aromatic rings. The summed E-state index contributed by atoms with van der Waals surface area (Å²) in [6.07, 6.45) is 1.73. The highest BCUT2D eigenvalue weighted by molar-refractivity contribution is 7.91. The van der Waals surface area contributed by atoms with Gasteiger partial charge in [-0.2, -0.15) is 0 Å². The third-order valence-corrected chi connectivity index (χ3v) is 10.2. The largest absolute Gasteiger partial charge is 0.468 e. The average Bonchev–Trinajstić information content (AvgIpc) is 2.88. The van der Waals surface area contributed by atoms with Gasteiger partial charge < -0.3 is 14.4 Å². The number of esters is 1. The summed E-state index contributed by atoms with van der Waals surface area (Å²) in [6.45, 7) is 4.34. The van der Waals surface area contributed by atoms with Crippen molar-refractivity contribution in [1.29, 1.82) is 0 Å². The number of carbonyl (C=O) groups excluding carboxylic acids is 1. The first kappa shape index (κ1) is 26.8. The summed E-state index contributed by atoms with van der Waals surface area (Å²) in [7, 11) is 1.55.